The van der Waals surface area contributed by atoms with Gasteiger partial charge in [-0.2, -0.15) is 0 Å². The van der Waals surface area contributed by atoms with Crippen LogP contribution in [-0.4, -0.2) is 0 Å². The first kappa shape index (κ1) is 8.24. The molecule has 0 bridgehead atoms. The van der Waals surface area contributed by atoms with Crippen molar-refractivity contribution in [3.8, 4) is 0 Å². The van der Waals surface area contributed by atoms with Crippen LogP contribution in [0.25, 0.3) is 0 Å². The molecule has 56 valence electrons. The minimum Gasteiger partial charge on any atom is -0.321 e. The zero-order valence-electron chi connectivity index (χ0n) is 6.02. The Morgan fingerprint density at radius 1 is 1.60 bits per heavy atom. The van der Waals surface area contributed by atoms with Crippen LogP contribution < -0.4 is 5.73 Å². The molecule has 0 aromatic carbocycles. The molecule has 1 nitrogen and oxygen atoms in total. The maximum Gasteiger partial charge on any atom is 0.0458 e. The molecule has 1 aromatic rings. The average molecular weight is 220 g/mol. The van der Waals surface area contributed by atoms with Crippen molar-refractivity contribution in [2.24, 2.45) is 5.73 Å². The number of thiophene rings is 1. The van der Waals surface area contributed by atoms with Crippen molar-refractivity contribution in [2.75, 3.05) is 0 Å². The Morgan fingerprint density at radius 2 is 2.20 bits per heavy atom. The van der Waals surface area contributed by atoms with Crippen LogP contribution in [0.4, 0.5) is 0 Å². The lowest BCUT2D eigenvalue weighted by Gasteiger charge is -2.16. The van der Waals surface area contributed by atoms with Gasteiger partial charge in [-0.05, 0) is 41.2 Å². The van der Waals surface area contributed by atoms with E-state index in [4.69, 9.17) is 5.73 Å². The molecule has 0 radical (unpaired) electrons. The number of nitrogens with two attached hydrogens (primary N) is 1. The minimum atomic E-state index is -0.215. The molecule has 0 aliphatic carbocycles. The number of rotatable bonds is 1. The Bertz CT molecular complexity index is 224. The number of hydrogen-bond donors (Lipinski definition) is 1. The van der Waals surface area contributed by atoms with Crippen molar-refractivity contribution < 1.29 is 0 Å². The van der Waals surface area contributed by atoms with Gasteiger partial charge in [0.25, 0.3) is 0 Å². The third-order valence-electron chi connectivity index (χ3n) is 1.20. The highest BCUT2D eigenvalue weighted by Crippen LogP contribution is 2.30. The lowest BCUT2D eigenvalue weighted by Crippen LogP contribution is -2.27. The van der Waals surface area contributed by atoms with Crippen molar-refractivity contribution in [2.45, 2.75) is 19.4 Å². The van der Waals surface area contributed by atoms with Gasteiger partial charge in [0.05, 0.1) is 0 Å². The summed E-state index contributed by atoms with van der Waals surface area (Å²) >= 11 is 5.12. The zero-order valence-corrected chi connectivity index (χ0v) is 8.42. The molecule has 1 aromatic heterocycles. The number of halogens is 1. The van der Waals surface area contributed by atoms with E-state index >= 15 is 0 Å². The molecule has 0 aliphatic rings. The van der Waals surface area contributed by atoms with Crippen molar-refractivity contribution in [1.82, 2.24) is 0 Å². The van der Waals surface area contributed by atoms with Crippen molar-refractivity contribution in [1.29, 1.82) is 0 Å². The topological polar surface area (TPSA) is 26.0 Å². The summed E-state index contributed by atoms with van der Waals surface area (Å²) in [4.78, 5) is 1.20. The van der Waals surface area contributed by atoms with Gasteiger partial charge in [-0.15, -0.1) is 11.3 Å². The van der Waals surface area contributed by atoms with Crippen molar-refractivity contribution >= 4 is 27.3 Å². The van der Waals surface area contributed by atoms with E-state index < -0.39 is 0 Å². The van der Waals surface area contributed by atoms with E-state index in [0.717, 1.165) is 4.47 Å². The van der Waals surface area contributed by atoms with Crippen LogP contribution in [0, 0.1) is 0 Å². The van der Waals surface area contributed by atoms with E-state index in [2.05, 4.69) is 15.9 Å². The first-order valence-electron chi connectivity index (χ1n) is 3.04. The second-order valence-electron chi connectivity index (χ2n) is 2.82. The predicted molar refractivity (Wildman–Crippen MR) is 49.2 cm³/mol. The van der Waals surface area contributed by atoms with E-state index in [9.17, 15) is 0 Å². The monoisotopic (exact) mass is 219 g/mol. The molecule has 3 heteroatoms. The van der Waals surface area contributed by atoms with Gasteiger partial charge in [0.1, 0.15) is 0 Å². The fourth-order valence-electron chi connectivity index (χ4n) is 0.753. The Labute approximate surface area is 73.4 Å². The van der Waals surface area contributed by atoms with Crippen LogP contribution in [0.3, 0.4) is 0 Å². The Balaban J connectivity index is 3.05. The van der Waals surface area contributed by atoms with Gasteiger partial charge < -0.3 is 5.73 Å². The van der Waals surface area contributed by atoms with Gasteiger partial charge in [-0.3, -0.25) is 0 Å². The van der Waals surface area contributed by atoms with Crippen LogP contribution >= 0.6 is 27.3 Å². The van der Waals surface area contributed by atoms with Crippen LogP contribution in [0.2, 0.25) is 0 Å². The lowest BCUT2D eigenvalue weighted by molar-refractivity contribution is 0.564. The average Bonchev–Trinajstić information content (AvgIpc) is 2.11. The molecule has 2 N–H and O–H groups in total. The third-order valence-corrected chi connectivity index (χ3v) is 3.38. The molecule has 0 amide bonds. The van der Waals surface area contributed by atoms with Crippen molar-refractivity contribution in [3.05, 3.63) is 20.8 Å². The quantitative estimate of drug-likeness (QED) is 0.773. The summed E-state index contributed by atoms with van der Waals surface area (Å²) in [6.07, 6.45) is 0. The molecule has 1 heterocycles. The molecule has 1 rings (SSSR count). The van der Waals surface area contributed by atoms with Crippen LogP contribution in [-0.2, 0) is 5.54 Å². The van der Waals surface area contributed by atoms with Gasteiger partial charge in [-0.25, -0.2) is 0 Å². The normalized spacial score (nSPS) is 12.0. The molecule has 0 saturated heterocycles. The highest BCUT2D eigenvalue weighted by molar-refractivity contribution is 9.10. The predicted octanol–water partition coefficient (Wildman–Crippen LogP) is 2.70. The van der Waals surface area contributed by atoms with Gasteiger partial charge in [0, 0.05) is 14.9 Å². The summed E-state index contributed by atoms with van der Waals surface area (Å²) < 4.78 is 1.12. The Hall–Kier alpha value is 0.140. The molecule has 0 fully saturated rings. The third kappa shape index (κ3) is 1.59. The minimum absolute atomic E-state index is 0.215. The molecular weight excluding hydrogens is 210 g/mol. The van der Waals surface area contributed by atoms with Crippen molar-refractivity contribution in [3.63, 3.8) is 0 Å². The van der Waals surface area contributed by atoms with E-state index in [0.29, 0.717) is 0 Å². The summed E-state index contributed by atoms with van der Waals surface area (Å²) in [6.45, 7) is 4.01. The summed E-state index contributed by atoms with van der Waals surface area (Å²) in [5.74, 6) is 0. The second-order valence-corrected chi connectivity index (χ2v) is 4.59. The smallest absolute Gasteiger partial charge is 0.0458 e. The second kappa shape index (κ2) is 2.64. The SMILES string of the molecule is CC(C)(N)c1sccc1Br. The van der Waals surface area contributed by atoms with E-state index in [1.165, 1.54) is 4.88 Å². The standard InChI is InChI=1S/C7H10BrNS/c1-7(2,9)6-5(8)3-4-10-6/h3-4H,9H2,1-2H3. The first-order valence-corrected chi connectivity index (χ1v) is 4.71. The lowest BCUT2D eigenvalue weighted by atomic mass is 10.1. The van der Waals surface area contributed by atoms with Gasteiger partial charge in [0.2, 0.25) is 0 Å². The molecule has 0 spiro atoms. The summed E-state index contributed by atoms with van der Waals surface area (Å²) in [7, 11) is 0. The first-order chi connectivity index (χ1) is 4.52. The number of hydrogen-bond acceptors (Lipinski definition) is 2. The summed E-state index contributed by atoms with van der Waals surface area (Å²) in [5, 5.41) is 2.04. The van der Waals surface area contributed by atoms with Gasteiger partial charge >= 0.3 is 0 Å². The van der Waals surface area contributed by atoms with E-state index in [1.807, 2.05) is 25.3 Å². The maximum atomic E-state index is 5.88. The van der Waals surface area contributed by atoms with E-state index in [1.54, 1.807) is 11.3 Å². The molecule has 0 unspecified atom stereocenters. The van der Waals surface area contributed by atoms with Crippen LogP contribution in [0.1, 0.15) is 18.7 Å². The largest absolute Gasteiger partial charge is 0.321 e. The zero-order chi connectivity index (χ0) is 7.78. The molecule has 0 atom stereocenters. The summed E-state index contributed by atoms with van der Waals surface area (Å²) in [6, 6.07) is 2.02. The fraction of sp³-hybridized carbons (Fsp3) is 0.429. The molecule has 0 aliphatic heterocycles. The van der Waals surface area contributed by atoms with Gasteiger partial charge in [-0.1, -0.05) is 0 Å². The molecule has 10 heavy (non-hydrogen) atoms. The maximum absolute atomic E-state index is 5.88. The van der Waals surface area contributed by atoms with Crippen LogP contribution in [0.15, 0.2) is 15.9 Å². The molecular formula is C7H10BrNS. The Kier molecular flexibility index (Phi) is 2.18. The summed E-state index contributed by atoms with van der Waals surface area (Å²) in [5.41, 5.74) is 5.67. The fourth-order valence-corrected chi connectivity index (χ4v) is 2.68. The Morgan fingerprint density at radius 3 is 2.40 bits per heavy atom. The van der Waals surface area contributed by atoms with Gasteiger partial charge in [0.15, 0.2) is 0 Å². The highest BCUT2D eigenvalue weighted by Gasteiger charge is 2.18. The van der Waals surface area contributed by atoms with E-state index in [-0.39, 0.29) is 5.54 Å². The highest BCUT2D eigenvalue weighted by atomic mass is 79.9. The van der Waals surface area contributed by atoms with Crippen LogP contribution in [0.5, 0.6) is 0 Å². The molecule has 0 saturated carbocycles.